The molecule has 0 heterocycles. The summed E-state index contributed by atoms with van der Waals surface area (Å²) in [5.74, 6) is 0. The van der Waals surface area contributed by atoms with Gasteiger partial charge in [-0.25, -0.2) is 0 Å². The Morgan fingerprint density at radius 3 is 2.38 bits per heavy atom. The Kier molecular flexibility index (Phi) is 7.45. The number of halogens is 3. The number of hydrogen-bond acceptors (Lipinski definition) is 1. The molecule has 0 amide bonds. The van der Waals surface area contributed by atoms with E-state index in [1.54, 1.807) is 6.07 Å². The average molecular weight is 380 g/mol. The standard InChI is InChI=1S/C20H23F3N2S/c1-2-3-5-15-8-10-18(11-9-15)25-19(26)24-13-12-16-6-4-7-17(14-16)20(21,22)23/h4,6-11,14H,2-3,5,12-13H2,1H3,(H2,24,25,26). The summed E-state index contributed by atoms with van der Waals surface area (Å²) in [4.78, 5) is 0. The van der Waals surface area contributed by atoms with Crippen molar-refractivity contribution in [1.29, 1.82) is 0 Å². The first-order valence-corrected chi connectivity index (χ1v) is 9.09. The van der Waals surface area contributed by atoms with Gasteiger partial charge in [0.15, 0.2) is 5.11 Å². The number of anilines is 1. The molecule has 0 spiro atoms. The van der Waals surface area contributed by atoms with E-state index in [2.05, 4.69) is 29.7 Å². The van der Waals surface area contributed by atoms with Crippen LogP contribution < -0.4 is 10.6 Å². The van der Waals surface area contributed by atoms with Crippen molar-refractivity contribution in [2.24, 2.45) is 0 Å². The molecule has 0 unspecified atom stereocenters. The van der Waals surface area contributed by atoms with Crippen LogP contribution in [0.1, 0.15) is 36.5 Å². The van der Waals surface area contributed by atoms with Crippen molar-refractivity contribution in [3.8, 4) is 0 Å². The molecule has 0 fully saturated rings. The summed E-state index contributed by atoms with van der Waals surface area (Å²) in [5, 5.41) is 6.57. The Morgan fingerprint density at radius 1 is 1.00 bits per heavy atom. The lowest BCUT2D eigenvalue weighted by molar-refractivity contribution is -0.137. The van der Waals surface area contributed by atoms with Crippen LogP contribution >= 0.6 is 12.2 Å². The van der Waals surface area contributed by atoms with E-state index in [1.165, 1.54) is 30.5 Å². The number of rotatable bonds is 7. The number of aryl methyl sites for hydroxylation is 1. The summed E-state index contributed by atoms with van der Waals surface area (Å²) in [7, 11) is 0. The Labute approximate surface area is 157 Å². The van der Waals surface area contributed by atoms with Crippen molar-refractivity contribution >= 4 is 23.0 Å². The molecule has 2 nitrogen and oxygen atoms in total. The van der Waals surface area contributed by atoms with Crippen LogP contribution in [0, 0.1) is 0 Å². The van der Waals surface area contributed by atoms with Crippen molar-refractivity contribution in [3.63, 3.8) is 0 Å². The van der Waals surface area contributed by atoms with Crippen molar-refractivity contribution < 1.29 is 13.2 Å². The van der Waals surface area contributed by atoms with Gasteiger partial charge in [-0.05, 0) is 60.8 Å². The third-order valence-corrected chi connectivity index (χ3v) is 4.23. The molecule has 0 saturated carbocycles. The minimum absolute atomic E-state index is 0.457. The maximum absolute atomic E-state index is 12.7. The van der Waals surface area contributed by atoms with Crippen LogP contribution in [0.3, 0.4) is 0 Å². The Bertz CT molecular complexity index is 712. The first-order valence-electron chi connectivity index (χ1n) is 8.68. The maximum Gasteiger partial charge on any atom is 0.416 e. The molecule has 2 aromatic rings. The van der Waals surface area contributed by atoms with E-state index in [0.717, 1.165) is 18.2 Å². The van der Waals surface area contributed by atoms with Gasteiger partial charge in [0.25, 0.3) is 0 Å². The van der Waals surface area contributed by atoms with Gasteiger partial charge in [-0.15, -0.1) is 0 Å². The second kappa shape index (κ2) is 9.57. The van der Waals surface area contributed by atoms with Crippen LogP contribution in [0.15, 0.2) is 48.5 Å². The zero-order chi connectivity index (χ0) is 19.0. The number of alkyl halides is 3. The molecule has 6 heteroatoms. The normalized spacial score (nSPS) is 11.2. The molecule has 140 valence electrons. The van der Waals surface area contributed by atoms with Crippen LogP contribution in [-0.2, 0) is 19.0 Å². The quantitative estimate of drug-likeness (QED) is 0.614. The topological polar surface area (TPSA) is 24.1 Å². The molecule has 0 aliphatic heterocycles. The lowest BCUT2D eigenvalue weighted by atomic mass is 10.1. The van der Waals surface area contributed by atoms with Gasteiger partial charge in [-0.1, -0.05) is 43.7 Å². The molecule has 0 radical (unpaired) electrons. The fraction of sp³-hybridized carbons (Fsp3) is 0.350. The van der Waals surface area contributed by atoms with Gasteiger partial charge in [-0.3, -0.25) is 0 Å². The Hall–Kier alpha value is -2.08. The summed E-state index contributed by atoms with van der Waals surface area (Å²) in [6.45, 7) is 2.63. The van der Waals surface area contributed by atoms with Crippen molar-refractivity contribution in [3.05, 3.63) is 65.2 Å². The van der Waals surface area contributed by atoms with E-state index in [-0.39, 0.29) is 0 Å². The molecule has 0 saturated heterocycles. The number of thiocarbonyl (C=S) groups is 1. The van der Waals surface area contributed by atoms with Crippen LogP contribution in [0.4, 0.5) is 18.9 Å². The van der Waals surface area contributed by atoms with E-state index < -0.39 is 11.7 Å². The molecule has 0 bridgehead atoms. The van der Waals surface area contributed by atoms with Crippen molar-refractivity contribution in [2.75, 3.05) is 11.9 Å². The SMILES string of the molecule is CCCCc1ccc(NC(=S)NCCc2cccc(C(F)(F)F)c2)cc1. The van der Waals surface area contributed by atoms with Crippen LogP contribution in [0.2, 0.25) is 0 Å². The molecule has 0 aliphatic rings. The van der Waals surface area contributed by atoms with E-state index in [1.807, 2.05) is 12.1 Å². The van der Waals surface area contributed by atoms with Gasteiger partial charge >= 0.3 is 6.18 Å². The minimum atomic E-state index is -4.32. The molecular weight excluding hydrogens is 357 g/mol. The zero-order valence-corrected chi connectivity index (χ0v) is 15.5. The number of unbranched alkanes of at least 4 members (excludes halogenated alkanes) is 1. The molecule has 2 aromatic carbocycles. The van der Waals surface area contributed by atoms with Crippen molar-refractivity contribution in [2.45, 2.75) is 38.8 Å². The second-order valence-electron chi connectivity index (χ2n) is 6.13. The molecular formula is C20H23F3N2S. The highest BCUT2D eigenvalue weighted by Crippen LogP contribution is 2.29. The predicted octanol–water partition coefficient (Wildman–Crippen LogP) is 5.58. The van der Waals surface area contributed by atoms with Gasteiger partial charge in [0.2, 0.25) is 0 Å². The largest absolute Gasteiger partial charge is 0.416 e. The third-order valence-electron chi connectivity index (χ3n) is 3.98. The fourth-order valence-corrected chi connectivity index (χ4v) is 2.75. The van der Waals surface area contributed by atoms with Gasteiger partial charge in [0, 0.05) is 12.2 Å². The monoisotopic (exact) mass is 380 g/mol. The van der Waals surface area contributed by atoms with Crippen LogP contribution in [-0.4, -0.2) is 11.7 Å². The summed E-state index contributed by atoms with van der Waals surface area (Å²) in [6, 6.07) is 13.5. The smallest absolute Gasteiger partial charge is 0.362 e. The maximum atomic E-state index is 12.7. The minimum Gasteiger partial charge on any atom is -0.362 e. The highest BCUT2D eigenvalue weighted by atomic mass is 32.1. The van der Waals surface area contributed by atoms with Gasteiger partial charge in [-0.2, -0.15) is 13.2 Å². The van der Waals surface area contributed by atoms with Gasteiger partial charge in [0.1, 0.15) is 0 Å². The van der Waals surface area contributed by atoms with Crippen LogP contribution in [0.25, 0.3) is 0 Å². The number of benzene rings is 2. The van der Waals surface area contributed by atoms with Crippen molar-refractivity contribution in [1.82, 2.24) is 5.32 Å². The molecule has 26 heavy (non-hydrogen) atoms. The summed E-state index contributed by atoms with van der Waals surface area (Å²) in [5.41, 5.74) is 2.18. The number of hydrogen-bond donors (Lipinski definition) is 2. The Balaban J connectivity index is 1.78. The van der Waals surface area contributed by atoms with Gasteiger partial charge in [0.05, 0.1) is 5.56 Å². The second-order valence-corrected chi connectivity index (χ2v) is 6.54. The Morgan fingerprint density at radius 2 is 1.73 bits per heavy atom. The van der Waals surface area contributed by atoms with E-state index in [4.69, 9.17) is 12.2 Å². The summed E-state index contributed by atoms with van der Waals surface area (Å²) in [6.07, 6.45) is -0.454. The lowest BCUT2D eigenvalue weighted by Gasteiger charge is -2.12. The molecule has 2 N–H and O–H groups in total. The van der Waals surface area contributed by atoms with Gasteiger partial charge < -0.3 is 10.6 Å². The fourth-order valence-electron chi connectivity index (χ4n) is 2.53. The zero-order valence-electron chi connectivity index (χ0n) is 14.7. The first-order chi connectivity index (χ1) is 12.4. The molecule has 2 rings (SSSR count). The molecule has 0 aromatic heterocycles. The number of nitrogens with one attached hydrogen (secondary N) is 2. The van der Waals surface area contributed by atoms with E-state index >= 15 is 0 Å². The summed E-state index contributed by atoms with van der Waals surface area (Å²) < 4.78 is 38.1. The van der Waals surface area contributed by atoms with E-state index in [9.17, 15) is 13.2 Å². The molecule has 0 aliphatic carbocycles. The molecule has 0 atom stereocenters. The predicted molar refractivity (Wildman–Crippen MR) is 104 cm³/mol. The highest BCUT2D eigenvalue weighted by molar-refractivity contribution is 7.80. The van der Waals surface area contributed by atoms with Crippen LogP contribution in [0.5, 0.6) is 0 Å². The first kappa shape index (κ1) is 20.2. The lowest BCUT2D eigenvalue weighted by Crippen LogP contribution is -2.30. The van der Waals surface area contributed by atoms with E-state index in [0.29, 0.717) is 23.6 Å². The highest BCUT2D eigenvalue weighted by Gasteiger charge is 2.30. The average Bonchev–Trinajstić information content (AvgIpc) is 2.61. The summed E-state index contributed by atoms with van der Waals surface area (Å²) >= 11 is 5.24. The third kappa shape index (κ3) is 6.67.